The van der Waals surface area contributed by atoms with E-state index in [0.717, 1.165) is 14.8 Å². The number of anilines is 1. The molecule has 0 aliphatic heterocycles. The number of nitro groups is 1. The first kappa shape index (κ1) is 17.2. The van der Waals surface area contributed by atoms with Gasteiger partial charge in [0.15, 0.2) is 0 Å². The molecule has 23 heavy (non-hydrogen) atoms. The van der Waals surface area contributed by atoms with Crippen molar-refractivity contribution in [1.82, 2.24) is 0 Å². The van der Waals surface area contributed by atoms with Crippen molar-refractivity contribution in [2.45, 2.75) is 13.3 Å². The Bertz CT molecular complexity index is 717. The number of carbonyl (C=O) groups is 1. The van der Waals surface area contributed by atoms with Crippen LogP contribution in [0.25, 0.3) is 0 Å². The number of ether oxygens (including phenoxy) is 1. The van der Waals surface area contributed by atoms with E-state index in [1.807, 2.05) is 25.1 Å². The lowest BCUT2D eigenvalue weighted by atomic mass is 10.2. The van der Waals surface area contributed by atoms with E-state index in [-0.39, 0.29) is 24.6 Å². The molecule has 0 aliphatic rings. The summed E-state index contributed by atoms with van der Waals surface area (Å²) in [5.74, 6) is 0.352. The second-order valence-corrected chi connectivity index (χ2v) is 6.10. The van der Waals surface area contributed by atoms with Gasteiger partial charge in [0, 0.05) is 21.4 Å². The number of non-ortho nitro benzene ring substituents is 1. The molecule has 0 radical (unpaired) electrons. The molecule has 0 bridgehead atoms. The highest BCUT2D eigenvalue weighted by atomic mass is 127. The summed E-state index contributed by atoms with van der Waals surface area (Å²) in [5, 5.41) is 13.4. The van der Waals surface area contributed by atoms with Gasteiger partial charge in [0.05, 0.1) is 18.0 Å². The van der Waals surface area contributed by atoms with Gasteiger partial charge in [-0.1, -0.05) is 0 Å². The van der Waals surface area contributed by atoms with Gasteiger partial charge in [-0.05, 0) is 65.4 Å². The van der Waals surface area contributed by atoms with Crippen LogP contribution in [0.1, 0.15) is 12.0 Å². The van der Waals surface area contributed by atoms with Crippen LogP contribution < -0.4 is 10.1 Å². The van der Waals surface area contributed by atoms with Gasteiger partial charge in [0.2, 0.25) is 5.91 Å². The number of nitrogens with one attached hydrogen (secondary N) is 1. The van der Waals surface area contributed by atoms with Crippen molar-refractivity contribution in [2.24, 2.45) is 0 Å². The molecule has 6 nitrogen and oxygen atoms in total. The van der Waals surface area contributed by atoms with Crippen molar-refractivity contribution in [2.75, 3.05) is 11.9 Å². The summed E-state index contributed by atoms with van der Waals surface area (Å²) in [4.78, 5) is 22.0. The maximum Gasteiger partial charge on any atom is 0.269 e. The van der Waals surface area contributed by atoms with Gasteiger partial charge < -0.3 is 10.1 Å². The number of carbonyl (C=O) groups excluding carboxylic acids is 1. The van der Waals surface area contributed by atoms with E-state index in [4.69, 9.17) is 4.74 Å². The van der Waals surface area contributed by atoms with Gasteiger partial charge in [-0.25, -0.2) is 0 Å². The number of nitro benzene ring substituents is 1. The summed E-state index contributed by atoms with van der Waals surface area (Å²) in [6.07, 6.45) is 0.197. The van der Waals surface area contributed by atoms with Crippen molar-refractivity contribution < 1.29 is 14.5 Å². The van der Waals surface area contributed by atoms with Crippen molar-refractivity contribution in [3.05, 3.63) is 61.7 Å². The number of aryl methyl sites for hydroxylation is 1. The highest BCUT2D eigenvalue weighted by Gasteiger charge is 2.07. The van der Waals surface area contributed by atoms with Crippen molar-refractivity contribution in [3.8, 4) is 5.75 Å². The van der Waals surface area contributed by atoms with Crippen LogP contribution >= 0.6 is 22.6 Å². The molecule has 0 saturated heterocycles. The monoisotopic (exact) mass is 426 g/mol. The molecule has 1 amide bonds. The average Bonchev–Trinajstić information content (AvgIpc) is 2.50. The number of amides is 1. The van der Waals surface area contributed by atoms with Crippen LogP contribution in [0, 0.1) is 20.6 Å². The number of benzene rings is 2. The second kappa shape index (κ2) is 7.91. The summed E-state index contributed by atoms with van der Waals surface area (Å²) < 4.78 is 6.52. The lowest BCUT2D eigenvalue weighted by Crippen LogP contribution is -2.15. The molecule has 0 fully saturated rings. The first-order valence-corrected chi connectivity index (χ1v) is 7.97. The maximum absolute atomic E-state index is 11.9. The molecule has 2 aromatic carbocycles. The zero-order chi connectivity index (χ0) is 16.8. The Morgan fingerprint density at radius 1 is 1.26 bits per heavy atom. The molecule has 7 heteroatoms. The van der Waals surface area contributed by atoms with Crippen LogP contribution in [-0.4, -0.2) is 17.4 Å². The third-order valence-electron chi connectivity index (χ3n) is 3.11. The largest absolute Gasteiger partial charge is 0.493 e. The number of nitrogens with zero attached hydrogens (tertiary/aromatic N) is 1. The Morgan fingerprint density at radius 2 is 1.96 bits per heavy atom. The van der Waals surface area contributed by atoms with Crippen molar-refractivity contribution in [3.63, 3.8) is 0 Å². The summed E-state index contributed by atoms with van der Waals surface area (Å²) in [6, 6.07) is 11.5. The van der Waals surface area contributed by atoms with Gasteiger partial charge in [0.1, 0.15) is 5.75 Å². The molecule has 0 aromatic heterocycles. The molecule has 0 heterocycles. The van der Waals surface area contributed by atoms with Crippen molar-refractivity contribution in [1.29, 1.82) is 0 Å². The molecular weight excluding hydrogens is 411 g/mol. The Kier molecular flexibility index (Phi) is 5.91. The summed E-state index contributed by atoms with van der Waals surface area (Å²) in [7, 11) is 0. The van der Waals surface area contributed by atoms with Gasteiger partial charge in [-0.3, -0.25) is 14.9 Å². The molecule has 2 rings (SSSR count). The molecule has 120 valence electrons. The highest BCUT2D eigenvalue weighted by molar-refractivity contribution is 14.1. The second-order valence-electron chi connectivity index (χ2n) is 4.86. The maximum atomic E-state index is 11.9. The lowest BCUT2D eigenvalue weighted by molar-refractivity contribution is -0.384. The molecule has 2 aromatic rings. The molecule has 0 saturated carbocycles. The summed E-state index contributed by atoms with van der Waals surface area (Å²) >= 11 is 2.22. The molecule has 0 unspecified atom stereocenters. The van der Waals surface area contributed by atoms with E-state index < -0.39 is 4.92 Å². The first-order chi connectivity index (χ1) is 11.0. The fourth-order valence-corrected chi connectivity index (χ4v) is 2.55. The normalized spacial score (nSPS) is 10.2. The zero-order valence-corrected chi connectivity index (χ0v) is 14.6. The number of hydrogen-bond donors (Lipinski definition) is 1. The molecule has 0 atom stereocenters. The lowest BCUT2D eigenvalue weighted by Gasteiger charge is -2.09. The smallest absolute Gasteiger partial charge is 0.269 e. The van der Waals surface area contributed by atoms with E-state index in [1.165, 1.54) is 24.3 Å². The number of hydrogen-bond acceptors (Lipinski definition) is 4. The minimum atomic E-state index is -0.472. The van der Waals surface area contributed by atoms with Crippen LogP contribution in [0.4, 0.5) is 11.4 Å². The molecule has 1 N–H and O–H groups in total. The topological polar surface area (TPSA) is 81.5 Å². The Balaban J connectivity index is 1.81. The van der Waals surface area contributed by atoms with Crippen LogP contribution in [0.2, 0.25) is 0 Å². The summed E-state index contributed by atoms with van der Waals surface area (Å²) in [5.41, 5.74) is 1.79. The van der Waals surface area contributed by atoms with E-state index in [0.29, 0.717) is 5.75 Å². The Hall–Kier alpha value is -2.16. The minimum absolute atomic E-state index is 0.00396. The van der Waals surface area contributed by atoms with Crippen LogP contribution in [-0.2, 0) is 4.79 Å². The molecule has 0 aliphatic carbocycles. The van der Waals surface area contributed by atoms with Crippen molar-refractivity contribution >= 4 is 39.9 Å². The van der Waals surface area contributed by atoms with Crippen LogP contribution in [0.5, 0.6) is 5.75 Å². The first-order valence-electron chi connectivity index (χ1n) is 6.89. The van der Waals surface area contributed by atoms with Gasteiger partial charge >= 0.3 is 0 Å². The Morgan fingerprint density at radius 3 is 2.57 bits per heavy atom. The third-order valence-corrected chi connectivity index (χ3v) is 3.78. The fourth-order valence-electron chi connectivity index (χ4n) is 1.91. The Labute approximate surface area is 147 Å². The van der Waals surface area contributed by atoms with E-state index in [9.17, 15) is 14.9 Å². The quantitative estimate of drug-likeness (QED) is 0.432. The van der Waals surface area contributed by atoms with E-state index >= 15 is 0 Å². The van der Waals surface area contributed by atoms with Gasteiger partial charge in [0.25, 0.3) is 5.69 Å². The predicted octanol–water partition coefficient (Wildman–Crippen LogP) is 3.92. The predicted molar refractivity (Wildman–Crippen MR) is 95.7 cm³/mol. The average molecular weight is 426 g/mol. The third kappa shape index (κ3) is 5.20. The van der Waals surface area contributed by atoms with Gasteiger partial charge in [-0.15, -0.1) is 0 Å². The van der Waals surface area contributed by atoms with Crippen LogP contribution in [0.3, 0.4) is 0 Å². The minimum Gasteiger partial charge on any atom is -0.493 e. The number of halogens is 1. The number of rotatable bonds is 6. The molecule has 0 spiro atoms. The highest BCUT2D eigenvalue weighted by Crippen LogP contribution is 2.19. The van der Waals surface area contributed by atoms with E-state index in [1.54, 1.807) is 0 Å². The SMILES string of the molecule is Cc1cc(I)ccc1NC(=O)CCOc1ccc([N+](=O)[O-])cc1. The fraction of sp³-hybridized carbons (Fsp3) is 0.188. The molecular formula is C16H15IN2O4. The van der Waals surface area contributed by atoms with Crippen LogP contribution in [0.15, 0.2) is 42.5 Å². The standard InChI is InChI=1S/C16H15IN2O4/c1-11-10-12(17)2-7-15(11)18-16(20)8-9-23-14-5-3-13(4-6-14)19(21)22/h2-7,10H,8-9H2,1H3,(H,18,20). The van der Waals surface area contributed by atoms with Gasteiger partial charge in [-0.2, -0.15) is 0 Å². The van der Waals surface area contributed by atoms with E-state index in [2.05, 4.69) is 27.9 Å². The summed E-state index contributed by atoms with van der Waals surface area (Å²) in [6.45, 7) is 2.14. The zero-order valence-electron chi connectivity index (χ0n) is 12.4.